The molecule has 0 spiro atoms. The average molecular weight is 1140 g/mol. The van der Waals surface area contributed by atoms with Crippen LogP contribution >= 0.6 is 0 Å². The number of rotatable bonds is 10. The van der Waals surface area contributed by atoms with E-state index in [0.717, 1.165) is 94.8 Å². The van der Waals surface area contributed by atoms with E-state index in [-0.39, 0.29) is 5.69 Å². The van der Waals surface area contributed by atoms with Crippen LogP contribution < -0.4 is 0 Å². The van der Waals surface area contributed by atoms with Crippen molar-refractivity contribution in [3.8, 4) is 102 Å². The van der Waals surface area contributed by atoms with Crippen LogP contribution in [0.25, 0.3) is 155 Å². The van der Waals surface area contributed by atoms with E-state index in [1.807, 2.05) is 206 Å². The summed E-state index contributed by atoms with van der Waals surface area (Å²) in [6.45, 7) is 16.6. The van der Waals surface area contributed by atoms with Gasteiger partial charge in [0.25, 0.3) is 0 Å². The molecule has 13 heteroatoms. The standard InChI is InChI=1S/C75H43F3N10/c1-79-54-35-40-67(87-63-29-17-15-27-56(63)59-41-51(32-38-65(59)87)73-83-69(46-19-7-3-8-20-46)81-70(84-73)47-21-9-4-10-22-47)61(45-54)58-36-31-50(55-37-34-53(75(76,77)78)44-62(55)80-2)43-68(58)88-64-30-18-16-28-57(64)60-42-52(33-39-66(60)88)74-85-71(48-23-11-5-12-24-48)82-72(86-74)49-25-13-6-14-26-49/h3-45H. The maximum atomic E-state index is 14.3. The highest BCUT2D eigenvalue weighted by Crippen LogP contribution is 2.46. The molecule has 0 aliphatic rings. The lowest BCUT2D eigenvalue weighted by Crippen LogP contribution is -2.04. The summed E-state index contributed by atoms with van der Waals surface area (Å²) in [6.07, 6.45) is -4.66. The molecule has 0 unspecified atom stereocenters. The number of benzene rings is 11. The van der Waals surface area contributed by atoms with Crippen molar-refractivity contribution >= 4 is 55.0 Å². The molecule has 0 aliphatic carbocycles. The first kappa shape index (κ1) is 52.6. The lowest BCUT2D eigenvalue weighted by molar-refractivity contribution is -0.137. The van der Waals surface area contributed by atoms with Gasteiger partial charge in [0.15, 0.2) is 46.3 Å². The van der Waals surface area contributed by atoms with Crippen LogP contribution in [0.4, 0.5) is 24.5 Å². The van der Waals surface area contributed by atoms with Gasteiger partial charge in [-0.25, -0.2) is 39.6 Å². The number of hydrogen-bond acceptors (Lipinski definition) is 6. The van der Waals surface area contributed by atoms with Gasteiger partial charge in [-0.1, -0.05) is 188 Å². The van der Waals surface area contributed by atoms with Crippen LogP contribution in [0.3, 0.4) is 0 Å². The smallest absolute Gasteiger partial charge is 0.309 e. The minimum absolute atomic E-state index is 0.146. The molecule has 10 nitrogen and oxygen atoms in total. The highest BCUT2D eigenvalue weighted by Gasteiger charge is 2.31. The maximum absolute atomic E-state index is 14.3. The number of hydrogen-bond donors (Lipinski definition) is 0. The van der Waals surface area contributed by atoms with Crippen molar-refractivity contribution in [3.63, 3.8) is 0 Å². The van der Waals surface area contributed by atoms with Crippen LogP contribution in [-0.2, 0) is 6.18 Å². The Labute approximate surface area is 502 Å². The Morgan fingerprint density at radius 3 is 1.14 bits per heavy atom. The molecule has 0 fully saturated rings. The van der Waals surface area contributed by atoms with E-state index in [0.29, 0.717) is 68.6 Å². The van der Waals surface area contributed by atoms with Crippen molar-refractivity contribution in [1.82, 2.24) is 39.0 Å². The van der Waals surface area contributed by atoms with Crippen molar-refractivity contribution in [3.05, 3.63) is 289 Å². The van der Waals surface area contributed by atoms with Gasteiger partial charge in [0, 0.05) is 66.1 Å². The molecule has 0 bridgehead atoms. The summed E-state index contributed by atoms with van der Waals surface area (Å²) in [7, 11) is 0. The van der Waals surface area contributed by atoms with Crippen LogP contribution in [0, 0.1) is 13.1 Å². The maximum Gasteiger partial charge on any atom is 0.415 e. The van der Waals surface area contributed by atoms with E-state index >= 15 is 0 Å². The summed E-state index contributed by atoms with van der Waals surface area (Å²) < 4.78 is 47.2. The van der Waals surface area contributed by atoms with Crippen molar-refractivity contribution in [2.45, 2.75) is 6.18 Å². The predicted molar refractivity (Wildman–Crippen MR) is 343 cm³/mol. The summed E-state index contributed by atoms with van der Waals surface area (Å²) >= 11 is 0. The first-order chi connectivity index (χ1) is 43.1. The highest BCUT2D eigenvalue weighted by molar-refractivity contribution is 6.13. The van der Waals surface area contributed by atoms with E-state index in [1.54, 1.807) is 0 Å². The van der Waals surface area contributed by atoms with Gasteiger partial charge in [-0.3, -0.25) is 0 Å². The largest absolute Gasteiger partial charge is 0.415 e. The van der Waals surface area contributed by atoms with Gasteiger partial charge in [-0.05, 0) is 89.5 Å². The summed E-state index contributed by atoms with van der Waals surface area (Å²) in [5.74, 6) is 3.12. The number of para-hydroxylation sites is 2. The lowest BCUT2D eigenvalue weighted by atomic mass is 9.95. The lowest BCUT2D eigenvalue weighted by Gasteiger charge is -2.20. The first-order valence-corrected chi connectivity index (χ1v) is 28.2. The molecule has 0 aliphatic heterocycles. The number of nitrogens with zero attached hydrogens (tertiary/aromatic N) is 10. The van der Waals surface area contributed by atoms with Gasteiger partial charge in [0.05, 0.1) is 46.6 Å². The molecule has 88 heavy (non-hydrogen) atoms. The zero-order valence-corrected chi connectivity index (χ0v) is 46.4. The second kappa shape index (κ2) is 21.5. The normalized spacial score (nSPS) is 11.6. The molecule has 0 saturated heterocycles. The zero-order chi connectivity index (χ0) is 59.5. The Balaban J connectivity index is 0.956. The average Bonchev–Trinajstić information content (AvgIpc) is 1.64. The molecule has 0 atom stereocenters. The first-order valence-electron chi connectivity index (χ1n) is 28.2. The Kier molecular flexibility index (Phi) is 12.8. The molecule has 4 aromatic heterocycles. The van der Waals surface area contributed by atoms with Gasteiger partial charge in [0.1, 0.15) is 0 Å². The van der Waals surface area contributed by atoms with Gasteiger partial charge >= 0.3 is 6.18 Å². The van der Waals surface area contributed by atoms with E-state index in [2.05, 4.69) is 55.2 Å². The minimum atomic E-state index is -4.66. The van der Waals surface area contributed by atoms with Gasteiger partial charge in [-0.2, -0.15) is 13.2 Å². The summed E-state index contributed by atoms with van der Waals surface area (Å²) in [5.41, 5.74) is 11.3. The molecule has 414 valence electrons. The third kappa shape index (κ3) is 9.33. The van der Waals surface area contributed by atoms with Crippen molar-refractivity contribution in [1.29, 1.82) is 0 Å². The van der Waals surface area contributed by atoms with Crippen LogP contribution in [0.1, 0.15) is 5.56 Å². The molecule has 0 amide bonds. The topological polar surface area (TPSA) is 95.9 Å². The predicted octanol–water partition coefficient (Wildman–Crippen LogP) is 19.7. The molecule has 0 N–H and O–H groups in total. The molecule has 4 heterocycles. The molecule has 11 aromatic carbocycles. The van der Waals surface area contributed by atoms with Crippen molar-refractivity contribution < 1.29 is 13.2 Å². The SMILES string of the molecule is [C-]#[N+]c1ccc(-n2c3ccccc3c3cc(-c4nc(-c5ccccc5)nc(-c5ccccc5)n4)ccc32)c(-c2ccc(-c3ccc(C(F)(F)F)cc3[N+]#[C-])cc2-n2c3ccccc3c3cc(-c4nc(-c5ccccc5)nc(-c5ccccc5)n4)ccc32)c1. The zero-order valence-electron chi connectivity index (χ0n) is 46.4. The Morgan fingerprint density at radius 2 is 0.693 bits per heavy atom. The summed E-state index contributed by atoms with van der Waals surface area (Å²) in [5, 5.41) is 3.69. The highest BCUT2D eigenvalue weighted by atomic mass is 19.4. The van der Waals surface area contributed by atoms with E-state index < -0.39 is 11.7 Å². The Hall–Kier alpha value is -12.2. The Morgan fingerprint density at radius 1 is 0.295 bits per heavy atom. The van der Waals surface area contributed by atoms with Crippen molar-refractivity contribution in [2.75, 3.05) is 0 Å². The second-order valence-electron chi connectivity index (χ2n) is 21.1. The molecular weight excluding hydrogens is 1100 g/mol. The fourth-order valence-corrected chi connectivity index (χ4v) is 11.8. The van der Waals surface area contributed by atoms with Crippen LogP contribution in [0.5, 0.6) is 0 Å². The monoisotopic (exact) mass is 1140 g/mol. The molecular formula is C75H43F3N10. The van der Waals surface area contributed by atoms with Crippen molar-refractivity contribution in [2.24, 2.45) is 0 Å². The van der Waals surface area contributed by atoms with Crippen LogP contribution in [0.15, 0.2) is 261 Å². The second-order valence-corrected chi connectivity index (χ2v) is 21.1. The number of fused-ring (bicyclic) bond motifs is 6. The number of halogens is 3. The van der Waals surface area contributed by atoms with Crippen LogP contribution in [-0.4, -0.2) is 39.0 Å². The third-order valence-electron chi connectivity index (χ3n) is 15.9. The van der Waals surface area contributed by atoms with Gasteiger partial charge in [0.2, 0.25) is 0 Å². The Bertz CT molecular complexity index is 5220. The van der Waals surface area contributed by atoms with E-state index in [4.69, 9.17) is 43.0 Å². The number of aromatic nitrogens is 8. The number of alkyl halides is 3. The van der Waals surface area contributed by atoms with Gasteiger partial charge < -0.3 is 9.13 Å². The quantitative estimate of drug-likeness (QED) is 0.127. The molecule has 0 saturated carbocycles. The van der Waals surface area contributed by atoms with Crippen LogP contribution in [0.2, 0.25) is 0 Å². The molecule has 15 aromatic rings. The fraction of sp³-hybridized carbons (Fsp3) is 0.0133. The third-order valence-corrected chi connectivity index (χ3v) is 15.9. The summed E-state index contributed by atoms with van der Waals surface area (Å²) in [6, 6.07) is 82.6. The minimum Gasteiger partial charge on any atom is -0.309 e. The summed E-state index contributed by atoms with van der Waals surface area (Å²) in [4.78, 5) is 37.8. The van der Waals surface area contributed by atoms with E-state index in [9.17, 15) is 13.2 Å². The fourth-order valence-electron chi connectivity index (χ4n) is 11.8. The van der Waals surface area contributed by atoms with Gasteiger partial charge in [-0.15, -0.1) is 0 Å². The molecule has 0 radical (unpaired) electrons. The molecule has 15 rings (SSSR count). The van der Waals surface area contributed by atoms with E-state index in [1.165, 1.54) is 6.07 Å².